The Kier molecular flexibility index (Phi) is 3.85. The Morgan fingerprint density at radius 2 is 2.11 bits per heavy atom. The average Bonchev–Trinajstić information content (AvgIpc) is 1.82. The van der Waals surface area contributed by atoms with Crippen molar-refractivity contribution in [1.29, 1.82) is 0 Å². The monoisotopic (exact) mass is 125 g/mol. The number of nitrogens with zero attached hydrogens (tertiary/aromatic N) is 1. The SMILES string of the molecule is C=C(/C=C\CC)N(C)C. The van der Waals surface area contributed by atoms with Gasteiger partial charge in [0.25, 0.3) is 0 Å². The van der Waals surface area contributed by atoms with Gasteiger partial charge in [-0.15, -0.1) is 0 Å². The summed E-state index contributed by atoms with van der Waals surface area (Å²) in [6.45, 7) is 5.94. The van der Waals surface area contributed by atoms with Crippen LogP contribution in [-0.4, -0.2) is 19.0 Å². The molecule has 0 saturated carbocycles. The fourth-order valence-electron chi connectivity index (χ4n) is 0.403. The van der Waals surface area contributed by atoms with Gasteiger partial charge in [-0.3, -0.25) is 0 Å². The second-order valence-electron chi connectivity index (χ2n) is 2.20. The first-order valence-electron chi connectivity index (χ1n) is 3.21. The molecule has 0 aliphatic rings. The summed E-state index contributed by atoms with van der Waals surface area (Å²) in [7, 11) is 3.98. The molecule has 9 heavy (non-hydrogen) atoms. The topological polar surface area (TPSA) is 3.24 Å². The highest BCUT2D eigenvalue weighted by Gasteiger charge is 1.85. The van der Waals surface area contributed by atoms with E-state index in [1.165, 1.54) is 0 Å². The van der Waals surface area contributed by atoms with E-state index >= 15 is 0 Å². The van der Waals surface area contributed by atoms with E-state index in [1.54, 1.807) is 0 Å². The van der Waals surface area contributed by atoms with Crippen molar-refractivity contribution in [3.8, 4) is 0 Å². The minimum absolute atomic E-state index is 1.05. The summed E-state index contributed by atoms with van der Waals surface area (Å²) in [5, 5.41) is 0. The zero-order valence-corrected chi connectivity index (χ0v) is 6.52. The molecule has 0 N–H and O–H groups in total. The van der Waals surface area contributed by atoms with Gasteiger partial charge in [-0.2, -0.15) is 0 Å². The van der Waals surface area contributed by atoms with Gasteiger partial charge in [0.15, 0.2) is 0 Å². The summed E-state index contributed by atoms with van der Waals surface area (Å²) in [5.41, 5.74) is 1.05. The molecule has 0 fully saturated rings. The lowest BCUT2D eigenvalue weighted by Crippen LogP contribution is -2.07. The standard InChI is InChI=1S/C8H15N/c1-5-6-7-8(2)9(3)4/h6-7H,2,5H2,1,3-4H3/b7-6-. The Hall–Kier alpha value is -0.720. The number of hydrogen-bond acceptors (Lipinski definition) is 1. The van der Waals surface area contributed by atoms with E-state index in [0.717, 1.165) is 12.1 Å². The highest BCUT2D eigenvalue weighted by molar-refractivity contribution is 5.11. The van der Waals surface area contributed by atoms with Gasteiger partial charge in [0.2, 0.25) is 0 Å². The van der Waals surface area contributed by atoms with E-state index in [1.807, 2.05) is 25.1 Å². The third-order valence-corrected chi connectivity index (χ3v) is 1.12. The first-order valence-corrected chi connectivity index (χ1v) is 3.21. The molecule has 0 spiro atoms. The molecule has 0 aliphatic heterocycles. The van der Waals surface area contributed by atoms with Crippen LogP contribution in [0.1, 0.15) is 13.3 Å². The number of likely N-dealkylation sites (N-methyl/N-ethyl adjacent to an activating group) is 1. The van der Waals surface area contributed by atoms with E-state index in [-0.39, 0.29) is 0 Å². The fourth-order valence-corrected chi connectivity index (χ4v) is 0.403. The van der Waals surface area contributed by atoms with Crippen LogP contribution in [0.15, 0.2) is 24.4 Å². The third-order valence-electron chi connectivity index (χ3n) is 1.12. The van der Waals surface area contributed by atoms with Gasteiger partial charge in [-0.05, 0) is 12.5 Å². The highest BCUT2D eigenvalue weighted by atomic mass is 15.1. The van der Waals surface area contributed by atoms with Gasteiger partial charge in [-0.25, -0.2) is 0 Å². The molecule has 52 valence electrons. The van der Waals surface area contributed by atoms with Gasteiger partial charge in [0, 0.05) is 19.8 Å². The van der Waals surface area contributed by atoms with Crippen LogP contribution >= 0.6 is 0 Å². The van der Waals surface area contributed by atoms with Crippen LogP contribution in [0.5, 0.6) is 0 Å². The lowest BCUT2D eigenvalue weighted by molar-refractivity contribution is 0.532. The van der Waals surface area contributed by atoms with Crippen molar-refractivity contribution < 1.29 is 0 Å². The number of rotatable bonds is 3. The Balaban J connectivity index is 3.63. The molecule has 1 heteroatoms. The zero-order chi connectivity index (χ0) is 7.28. The molecule has 0 amide bonds. The Bertz CT molecular complexity index is 112. The molecule has 0 aromatic rings. The summed E-state index contributed by atoms with van der Waals surface area (Å²) in [6, 6.07) is 0. The first kappa shape index (κ1) is 8.28. The molecule has 0 radical (unpaired) electrons. The van der Waals surface area contributed by atoms with Gasteiger partial charge in [0.05, 0.1) is 0 Å². The Morgan fingerprint density at radius 1 is 1.56 bits per heavy atom. The van der Waals surface area contributed by atoms with Crippen LogP contribution in [0, 0.1) is 0 Å². The maximum atomic E-state index is 3.83. The van der Waals surface area contributed by atoms with E-state index in [4.69, 9.17) is 0 Å². The van der Waals surface area contributed by atoms with Crippen molar-refractivity contribution >= 4 is 0 Å². The van der Waals surface area contributed by atoms with Crippen LogP contribution in [-0.2, 0) is 0 Å². The predicted octanol–water partition coefficient (Wildman–Crippen LogP) is 2.03. The van der Waals surface area contributed by atoms with E-state index in [9.17, 15) is 0 Å². The molecule has 0 bridgehead atoms. The largest absolute Gasteiger partial charge is 0.378 e. The first-order chi connectivity index (χ1) is 4.18. The second-order valence-corrected chi connectivity index (χ2v) is 2.20. The van der Waals surface area contributed by atoms with Gasteiger partial charge >= 0.3 is 0 Å². The van der Waals surface area contributed by atoms with Crippen molar-refractivity contribution in [1.82, 2.24) is 4.90 Å². The van der Waals surface area contributed by atoms with Crippen molar-refractivity contribution in [3.05, 3.63) is 24.4 Å². The number of hydrogen-bond donors (Lipinski definition) is 0. The second kappa shape index (κ2) is 4.19. The summed E-state index contributed by atoms with van der Waals surface area (Å²) in [6.07, 6.45) is 5.20. The van der Waals surface area contributed by atoms with Crippen LogP contribution in [0.2, 0.25) is 0 Å². The van der Waals surface area contributed by atoms with Crippen LogP contribution in [0.4, 0.5) is 0 Å². The molecule has 0 heterocycles. The molecular formula is C8H15N. The highest BCUT2D eigenvalue weighted by Crippen LogP contribution is 1.96. The molecule has 0 rings (SSSR count). The summed E-state index contributed by atoms with van der Waals surface area (Å²) in [4.78, 5) is 1.99. The summed E-state index contributed by atoms with van der Waals surface area (Å²) >= 11 is 0. The van der Waals surface area contributed by atoms with Crippen molar-refractivity contribution in [2.24, 2.45) is 0 Å². The molecule has 1 nitrogen and oxygen atoms in total. The average molecular weight is 125 g/mol. The molecule has 0 unspecified atom stereocenters. The quantitative estimate of drug-likeness (QED) is 0.522. The maximum absolute atomic E-state index is 3.83. The van der Waals surface area contributed by atoms with Gasteiger partial charge < -0.3 is 4.90 Å². The Labute approximate surface area is 57.7 Å². The predicted molar refractivity (Wildman–Crippen MR) is 42.3 cm³/mol. The molecule has 0 aliphatic carbocycles. The molecular weight excluding hydrogens is 110 g/mol. The van der Waals surface area contributed by atoms with Crippen LogP contribution in [0.25, 0.3) is 0 Å². The fraction of sp³-hybridized carbons (Fsp3) is 0.500. The maximum Gasteiger partial charge on any atom is 0.0284 e. The van der Waals surface area contributed by atoms with Crippen LogP contribution in [0.3, 0.4) is 0 Å². The van der Waals surface area contributed by atoms with Crippen LogP contribution < -0.4 is 0 Å². The summed E-state index contributed by atoms with van der Waals surface area (Å²) < 4.78 is 0. The van der Waals surface area contributed by atoms with Gasteiger partial charge in [0.1, 0.15) is 0 Å². The van der Waals surface area contributed by atoms with E-state index < -0.39 is 0 Å². The van der Waals surface area contributed by atoms with E-state index in [2.05, 4.69) is 19.6 Å². The number of allylic oxidation sites excluding steroid dienone is 2. The minimum atomic E-state index is 1.05. The zero-order valence-electron chi connectivity index (χ0n) is 6.52. The summed E-state index contributed by atoms with van der Waals surface area (Å²) in [5.74, 6) is 0. The van der Waals surface area contributed by atoms with Crippen molar-refractivity contribution in [2.45, 2.75) is 13.3 Å². The smallest absolute Gasteiger partial charge is 0.0284 e. The van der Waals surface area contributed by atoms with Crippen molar-refractivity contribution in [3.63, 3.8) is 0 Å². The van der Waals surface area contributed by atoms with E-state index in [0.29, 0.717) is 0 Å². The minimum Gasteiger partial charge on any atom is -0.378 e. The lowest BCUT2D eigenvalue weighted by atomic mass is 10.3. The third kappa shape index (κ3) is 3.83. The van der Waals surface area contributed by atoms with Gasteiger partial charge in [-0.1, -0.05) is 19.6 Å². The van der Waals surface area contributed by atoms with Crippen molar-refractivity contribution in [2.75, 3.05) is 14.1 Å². The molecule has 0 saturated heterocycles. The molecule has 0 aromatic carbocycles. The normalized spacial score (nSPS) is 10.1. The molecule has 0 atom stereocenters. The Morgan fingerprint density at radius 3 is 2.44 bits per heavy atom. The lowest BCUT2D eigenvalue weighted by Gasteiger charge is -2.10. The molecule has 0 aromatic heterocycles.